The summed E-state index contributed by atoms with van der Waals surface area (Å²) in [6.45, 7) is 1.36. The molecule has 0 saturated heterocycles. The summed E-state index contributed by atoms with van der Waals surface area (Å²) in [4.78, 5) is 26.3. The fraction of sp³-hybridized carbons (Fsp3) is 0.364. The van der Waals surface area contributed by atoms with Gasteiger partial charge in [0.1, 0.15) is 6.04 Å². The van der Waals surface area contributed by atoms with Crippen LogP contribution < -0.4 is 5.32 Å². The Morgan fingerprint density at radius 1 is 1.53 bits per heavy atom. The van der Waals surface area contributed by atoms with Crippen molar-refractivity contribution in [3.05, 3.63) is 30.1 Å². The lowest BCUT2D eigenvalue weighted by molar-refractivity contribution is -0.144. The number of carbonyl (C=O) groups excluding carboxylic acids is 2. The summed E-state index contributed by atoms with van der Waals surface area (Å²) in [5, 5.41) is 2.54. The number of amides is 1. The molecule has 1 atom stereocenters. The normalized spacial score (nSPS) is 10.9. The van der Waals surface area contributed by atoms with Crippen LogP contribution in [0, 0.1) is 0 Å². The maximum absolute atomic E-state index is 11.4. The second kappa shape index (κ2) is 7.67. The van der Waals surface area contributed by atoms with Gasteiger partial charge in [-0.2, -0.15) is 13.5 Å². The summed E-state index contributed by atoms with van der Waals surface area (Å²) >= 11 is 0. The number of pyridine rings is 1. The van der Waals surface area contributed by atoms with E-state index in [-0.39, 0.29) is 19.4 Å². The van der Waals surface area contributed by atoms with Crippen molar-refractivity contribution in [2.75, 3.05) is 7.11 Å². The van der Waals surface area contributed by atoms with E-state index in [1.165, 1.54) is 14.0 Å². The van der Waals surface area contributed by atoms with E-state index in [9.17, 15) is 9.59 Å². The number of esters is 1. The Hall–Kier alpha value is -1.56. The fourth-order valence-electron chi connectivity index (χ4n) is 1.34. The average molecular weight is 256 g/mol. The van der Waals surface area contributed by atoms with Crippen molar-refractivity contribution >= 4 is 25.4 Å². The van der Waals surface area contributed by atoms with E-state index in [1.807, 2.05) is 6.07 Å². The molecule has 0 spiro atoms. The molecular formula is C11H16N2O3S. The minimum absolute atomic E-state index is 0. The molecule has 6 heteroatoms. The predicted molar refractivity (Wildman–Crippen MR) is 67.9 cm³/mol. The van der Waals surface area contributed by atoms with Crippen LogP contribution in [-0.2, 0) is 20.7 Å². The van der Waals surface area contributed by atoms with Gasteiger partial charge >= 0.3 is 5.97 Å². The van der Waals surface area contributed by atoms with Crippen LogP contribution in [0.3, 0.4) is 0 Å². The number of nitrogens with zero attached hydrogens (tertiary/aromatic N) is 1. The van der Waals surface area contributed by atoms with Gasteiger partial charge in [-0.15, -0.1) is 0 Å². The molecule has 0 unspecified atom stereocenters. The highest BCUT2D eigenvalue weighted by molar-refractivity contribution is 7.59. The van der Waals surface area contributed by atoms with Crippen molar-refractivity contribution in [1.29, 1.82) is 0 Å². The first-order valence-electron chi connectivity index (χ1n) is 4.87. The van der Waals surface area contributed by atoms with Crippen LogP contribution >= 0.6 is 13.5 Å². The molecule has 94 valence electrons. The maximum Gasteiger partial charge on any atom is 0.328 e. The van der Waals surface area contributed by atoms with E-state index < -0.39 is 12.0 Å². The van der Waals surface area contributed by atoms with Crippen LogP contribution in [0.15, 0.2) is 24.5 Å². The van der Waals surface area contributed by atoms with Crippen LogP contribution in [0.25, 0.3) is 0 Å². The van der Waals surface area contributed by atoms with Crippen molar-refractivity contribution in [3.8, 4) is 0 Å². The molecule has 0 bridgehead atoms. The minimum Gasteiger partial charge on any atom is -0.467 e. The molecule has 17 heavy (non-hydrogen) atoms. The molecule has 0 fully saturated rings. The molecule has 0 aliphatic carbocycles. The first kappa shape index (κ1) is 15.4. The van der Waals surface area contributed by atoms with Crippen LogP contribution in [0.1, 0.15) is 12.5 Å². The molecule has 0 saturated carbocycles. The third-order valence-electron chi connectivity index (χ3n) is 2.03. The number of carbonyl (C=O) groups is 2. The Morgan fingerprint density at radius 2 is 2.24 bits per heavy atom. The largest absolute Gasteiger partial charge is 0.467 e. The van der Waals surface area contributed by atoms with Crippen molar-refractivity contribution < 1.29 is 14.3 Å². The zero-order valence-corrected chi connectivity index (χ0v) is 10.8. The maximum atomic E-state index is 11.4. The van der Waals surface area contributed by atoms with Gasteiger partial charge in [0.2, 0.25) is 5.91 Å². The first-order valence-corrected chi connectivity index (χ1v) is 4.87. The van der Waals surface area contributed by atoms with E-state index in [0.29, 0.717) is 6.42 Å². The summed E-state index contributed by atoms with van der Waals surface area (Å²) in [6, 6.07) is 2.95. The molecule has 1 amide bonds. The number of methoxy groups -OCH3 is 1. The highest BCUT2D eigenvalue weighted by atomic mass is 32.1. The lowest BCUT2D eigenvalue weighted by Crippen LogP contribution is -2.41. The molecule has 5 nitrogen and oxygen atoms in total. The number of hydrogen-bond donors (Lipinski definition) is 1. The van der Waals surface area contributed by atoms with Crippen molar-refractivity contribution in [2.24, 2.45) is 0 Å². The molecule has 1 rings (SSSR count). The molecule has 1 heterocycles. The molecule has 1 aromatic heterocycles. The Morgan fingerprint density at radius 3 is 2.71 bits per heavy atom. The molecular weight excluding hydrogens is 240 g/mol. The zero-order chi connectivity index (χ0) is 12.0. The highest BCUT2D eigenvalue weighted by Gasteiger charge is 2.20. The number of hydrogen-bond acceptors (Lipinski definition) is 4. The first-order chi connectivity index (χ1) is 7.63. The lowest BCUT2D eigenvalue weighted by Gasteiger charge is -2.14. The van der Waals surface area contributed by atoms with Crippen LogP contribution in [0.5, 0.6) is 0 Å². The highest BCUT2D eigenvalue weighted by Crippen LogP contribution is 2.02. The summed E-state index contributed by atoms with van der Waals surface area (Å²) < 4.78 is 4.61. The fourth-order valence-corrected chi connectivity index (χ4v) is 1.34. The molecule has 0 radical (unpaired) electrons. The Bertz CT molecular complexity index is 370. The molecule has 1 N–H and O–H groups in total. The quantitative estimate of drug-likeness (QED) is 0.792. The number of nitrogens with one attached hydrogen (secondary N) is 1. The van der Waals surface area contributed by atoms with Crippen molar-refractivity contribution in [2.45, 2.75) is 19.4 Å². The summed E-state index contributed by atoms with van der Waals surface area (Å²) in [7, 11) is 1.29. The topological polar surface area (TPSA) is 68.3 Å². The van der Waals surface area contributed by atoms with Gasteiger partial charge in [0, 0.05) is 25.7 Å². The second-order valence-electron chi connectivity index (χ2n) is 3.34. The smallest absolute Gasteiger partial charge is 0.328 e. The van der Waals surface area contributed by atoms with Gasteiger partial charge in [0.15, 0.2) is 0 Å². The van der Waals surface area contributed by atoms with Gasteiger partial charge < -0.3 is 10.1 Å². The average Bonchev–Trinajstić information content (AvgIpc) is 2.28. The SMILES string of the molecule is COC(=O)[C@H](Cc1cccnc1)NC(C)=O.S. The number of ether oxygens (including phenoxy) is 1. The Balaban J connectivity index is 0.00000256. The Kier molecular flexibility index (Phi) is 6.97. The van der Waals surface area contributed by atoms with Crippen LogP contribution in [0.2, 0.25) is 0 Å². The summed E-state index contributed by atoms with van der Waals surface area (Å²) in [6.07, 6.45) is 3.67. The molecule has 0 aliphatic heterocycles. The van der Waals surface area contributed by atoms with Crippen LogP contribution in [-0.4, -0.2) is 30.0 Å². The predicted octanol–water partition coefficient (Wildman–Crippen LogP) is 0.415. The third-order valence-corrected chi connectivity index (χ3v) is 2.03. The number of aromatic nitrogens is 1. The second-order valence-corrected chi connectivity index (χ2v) is 3.34. The monoisotopic (exact) mass is 256 g/mol. The lowest BCUT2D eigenvalue weighted by atomic mass is 10.1. The van der Waals surface area contributed by atoms with Crippen molar-refractivity contribution in [1.82, 2.24) is 10.3 Å². The standard InChI is InChI=1S/C11H14N2O3.H2S/c1-8(14)13-10(11(15)16-2)6-9-4-3-5-12-7-9;/h3-5,7,10H,6H2,1-2H3,(H,13,14);1H2/t10-;/m0./s1. The molecule has 0 aliphatic rings. The van der Waals surface area contributed by atoms with Gasteiger partial charge in [0.05, 0.1) is 7.11 Å². The zero-order valence-electron chi connectivity index (χ0n) is 9.77. The van der Waals surface area contributed by atoms with E-state index in [1.54, 1.807) is 18.5 Å². The Labute approximate surface area is 107 Å². The van der Waals surface area contributed by atoms with Gasteiger partial charge in [0.25, 0.3) is 0 Å². The summed E-state index contributed by atoms with van der Waals surface area (Å²) in [5.74, 6) is -0.724. The third kappa shape index (κ3) is 5.35. The van der Waals surface area contributed by atoms with Crippen molar-refractivity contribution in [3.63, 3.8) is 0 Å². The van der Waals surface area contributed by atoms with Gasteiger partial charge in [-0.3, -0.25) is 9.78 Å². The van der Waals surface area contributed by atoms with E-state index in [4.69, 9.17) is 0 Å². The molecule has 1 aromatic rings. The van der Waals surface area contributed by atoms with Gasteiger partial charge in [-0.05, 0) is 11.6 Å². The van der Waals surface area contributed by atoms with Gasteiger partial charge in [-0.1, -0.05) is 6.07 Å². The minimum atomic E-state index is -0.660. The van der Waals surface area contributed by atoms with E-state index in [0.717, 1.165) is 5.56 Å². The summed E-state index contributed by atoms with van der Waals surface area (Å²) in [5.41, 5.74) is 0.867. The van der Waals surface area contributed by atoms with Gasteiger partial charge in [-0.25, -0.2) is 4.79 Å². The number of rotatable bonds is 4. The molecule has 0 aromatic carbocycles. The van der Waals surface area contributed by atoms with E-state index >= 15 is 0 Å². The van der Waals surface area contributed by atoms with Crippen LogP contribution in [0.4, 0.5) is 0 Å². The van der Waals surface area contributed by atoms with E-state index in [2.05, 4.69) is 15.0 Å².